The number of hydrogen-bond acceptors (Lipinski definition) is 6. The number of rotatable bonds is 2. The monoisotopic (exact) mass is 536 g/mol. The van der Waals surface area contributed by atoms with Gasteiger partial charge >= 0.3 is 12.1 Å². The second kappa shape index (κ2) is 10.3. The lowest BCUT2D eigenvalue weighted by molar-refractivity contribution is -0.119. The Morgan fingerprint density at radius 3 is 2.58 bits per heavy atom. The van der Waals surface area contributed by atoms with E-state index >= 15 is 0 Å². The van der Waals surface area contributed by atoms with E-state index in [-0.39, 0.29) is 17.9 Å². The van der Waals surface area contributed by atoms with E-state index in [0.717, 1.165) is 26.2 Å². The number of anilines is 1. The summed E-state index contributed by atoms with van der Waals surface area (Å²) < 4.78 is 11.2. The zero-order chi connectivity index (χ0) is 24.3. The average Bonchev–Trinajstić information content (AvgIpc) is 3.11. The summed E-state index contributed by atoms with van der Waals surface area (Å²) in [5.41, 5.74) is 1.93. The highest BCUT2D eigenvalue weighted by Crippen LogP contribution is 2.43. The molecule has 2 bridgehead atoms. The van der Waals surface area contributed by atoms with Crippen LogP contribution >= 0.6 is 27.3 Å². The molecule has 2 aromatic rings. The van der Waals surface area contributed by atoms with Crippen molar-refractivity contribution in [3.63, 3.8) is 0 Å². The van der Waals surface area contributed by atoms with Crippen LogP contribution in [0, 0.1) is 5.92 Å². The number of benzene rings is 1. The summed E-state index contributed by atoms with van der Waals surface area (Å²) in [4.78, 5) is 38.4. The fourth-order valence-electron chi connectivity index (χ4n) is 3.62. The third-order valence-electron chi connectivity index (χ3n) is 5.31. The number of ether oxygens (including phenoxy) is 2. The molecule has 1 aliphatic heterocycles. The second-order valence-corrected chi connectivity index (χ2v) is 11.5. The summed E-state index contributed by atoms with van der Waals surface area (Å²) in [5.74, 6) is -0.835. The summed E-state index contributed by atoms with van der Waals surface area (Å²) in [7, 11) is 1.32. The van der Waals surface area contributed by atoms with Crippen LogP contribution in [0.5, 0.6) is 0 Å². The molecule has 0 spiro atoms. The molecule has 0 radical (unpaired) electrons. The van der Waals surface area contributed by atoms with Crippen LogP contribution in [0.15, 0.2) is 28.1 Å². The van der Waals surface area contributed by atoms with Gasteiger partial charge in [0.15, 0.2) is 0 Å². The molecule has 1 aliphatic rings. The van der Waals surface area contributed by atoms with Crippen molar-refractivity contribution in [2.75, 3.05) is 12.4 Å². The zero-order valence-corrected chi connectivity index (χ0v) is 21.8. The van der Waals surface area contributed by atoms with Gasteiger partial charge in [-0.05, 0) is 67.7 Å². The summed E-state index contributed by atoms with van der Waals surface area (Å²) in [5, 5.41) is 5.99. The van der Waals surface area contributed by atoms with Crippen molar-refractivity contribution in [2.24, 2.45) is 5.92 Å². The molecule has 0 saturated carbocycles. The molecule has 2 amide bonds. The Kier molecular flexibility index (Phi) is 7.84. The number of halogens is 1. The largest absolute Gasteiger partial charge is 0.465 e. The van der Waals surface area contributed by atoms with Gasteiger partial charge in [0.2, 0.25) is 5.91 Å². The fourth-order valence-corrected chi connectivity index (χ4v) is 5.49. The smallest absolute Gasteiger partial charge is 0.408 e. The first kappa shape index (κ1) is 25.2. The van der Waals surface area contributed by atoms with Crippen molar-refractivity contribution in [3.05, 3.63) is 38.5 Å². The molecule has 33 heavy (non-hydrogen) atoms. The predicted molar refractivity (Wildman–Crippen MR) is 133 cm³/mol. The molecule has 2 heterocycles. The van der Waals surface area contributed by atoms with E-state index in [1.165, 1.54) is 18.4 Å². The summed E-state index contributed by atoms with van der Waals surface area (Å²) in [6, 6.07) is 6.86. The van der Waals surface area contributed by atoms with E-state index in [0.29, 0.717) is 24.1 Å². The van der Waals surface area contributed by atoms with Crippen molar-refractivity contribution in [1.29, 1.82) is 0 Å². The van der Waals surface area contributed by atoms with Gasteiger partial charge in [-0.1, -0.05) is 19.4 Å². The molecule has 7 nitrogen and oxygen atoms in total. The lowest BCUT2D eigenvalue weighted by atomic mass is 9.97. The van der Waals surface area contributed by atoms with Crippen LogP contribution in [-0.4, -0.2) is 30.7 Å². The molecule has 2 atom stereocenters. The Balaban J connectivity index is 2.05. The number of alkyl carbamates (subject to hydrolysis) is 1. The normalized spacial score (nSPS) is 18.8. The van der Waals surface area contributed by atoms with Crippen LogP contribution in [0.2, 0.25) is 0 Å². The maximum absolute atomic E-state index is 12.9. The number of methoxy groups -OCH3 is 1. The zero-order valence-electron chi connectivity index (χ0n) is 19.4. The summed E-state index contributed by atoms with van der Waals surface area (Å²) >= 11 is 5.17. The Labute approximate surface area is 206 Å². The molecule has 0 fully saturated rings. The summed E-state index contributed by atoms with van der Waals surface area (Å²) in [6.07, 6.45) is 1.61. The number of nitrogens with one attached hydrogen (secondary N) is 2. The van der Waals surface area contributed by atoms with Crippen molar-refractivity contribution >= 4 is 50.9 Å². The lowest BCUT2D eigenvalue weighted by Gasteiger charge is -2.24. The van der Waals surface area contributed by atoms with Gasteiger partial charge in [-0.2, -0.15) is 0 Å². The third kappa shape index (κ3) is 6.35. The van der Waals surface area contributed by atoms with Crippen LogP contribution in [0.1, 0.15) is 68.2 Å². The number of hydrogen-bond donors (Lipinski definition) is 2. The molecule has 178 valence electrons. The van der Waals surface area contributed by atoms with E-state index in [1.807, 2.05) is 33.8 Å². The standard InChI is InChI=1S/C24H29BrN2O5S/c1-13-7-6-8-17(27-23(30)32-24(2,3)4)19-12-16(20(25)33-19)15-10-9-14(22(29)31-5)11-18(15)26-21(13)28/h9-13,17H,6-8H2,1-5H3,(H,26,28)(H,27,30)/t13-,17?/m1/s1. The molecule has 0 saturated heterocycles. The van der Waals surface area contributed by atoms with Crippen LogP contribution in [0.4, 0.5) is 10.5 Å². The highest BCUT2D eigenvalue weighted by molar-refractivity contribution is 9.11. The number of amides is 2. The van der Waals surface area contributed by atoms with E-state index in [4.69, 9.17) is 9.47 Å². The van der Waals surface area contributed by atoms with Crippen LogP contribution in [-0.2, 0) is 14.3 Å². The Bertz CT molecular complexity index is 1060. The quantitative estimate of drug-likeness (QED) is 0.440. The predicted octanol–water partition coefficient (Wildman–Crippen LogP) is 6.29. The maximum Gasteiger partial charge on any atom is 0.408 e. The van der Waals surface area contributed by atoms with Crippen LogP contribution < -0.4 is 10.6 Å². The van der Waals surface area contributed by atoms with Gasteiger partial charge in [-0.25, -0.2) is 9.59 Å². The number of esters is 1. The van der Waals surface area contributed by atoms with Crippen molar-refractivity contribution in [3.8, 4) is 11.1 Å². The molecule has 1 aromatic heterocycles. The Morgan fingerprint density at radius 1 is 1.18 bits per heavy atom. The van der Waals surface area contributed by atoms with E-state index in [1.54, 1.807) is 18.2 Å². The van der Waals surface area contributed by atoms with E-state index in [9.17, 15) is 14.4 Å². The maximum atomic E-state index is 12.9. The minimum atomic E-state index is -0.598. The highest BCUT2D eigenvalue weighted by Gasteiger charge is 2.26. The van der Waals surface area contributed by atoms with Crippen molar-refractivity contribution in [2.45, 2.75) is 58.6 Å². The molecular weight excluding hydrogens is 508 g/mol. The Hall–Kier alpha value is -2.39. The number of carbonyl (C=O) groups excluding carboxylic acids is 3. The molecule has 9 heteroatoms. The van der Waals surface area contributed by atoms with Crippen LogP contribution in [0.25, 0.3) is 11.1 Å². The molecular formula is C24H29BrN2O5S. The lowest BCUT2D eigenvalue weighted by Crippen LogP contribution is -2.34. The van der Waals surface area contributed by atoms with Crippen molar-refractivity contribution in [1.82, 2.24) is 5.32 Å². The number of fused-ring (bicyclic) bond motifs is 4. The minimum absolute atomic E-state index is 0.123. The first-order valence-electron chi connectivity index (χ1n) is 10.8. The minimum Gasteiger partial charge on any atom is -0.465 e. The molecule has 1 aromatic carbocycles. The first-order chi connectivity index (χ1) is 15.5. The second-order valence-electron chi connectivity index (χ2n) is 9.11. The van der Waals surface area contributed by atoms with Gasteiger partial charge in [-0.3, -0.25) is 4.79 Å². The van der Waals surface area contributed by atoms with E-state index < -0.39 is 17.7 Å². The van der Waals surface area contributed by atoms with Crippen molar-refractivity contribution < 1.29 is 23.9 Å². The van der Waals surface area contributed by atoms with Gasteiger partial charge in [0.1, 0.15) is 5.60 Å². The van der Waals surface area contributed by atoms with E-state index in [2.05, 4.69) is 26.6 Å². The summed E-state index contributed by atoms with van der Waals surface area (Å²) in [6.45, 7) is 7.35. The van der Waals surface area contributed by atoms with Gasteiger partial charge in [0.25, 0.3) is 0 Å². The number of thiophene rings is 1. The topological polar surface area (TPSA) is 93.7 Å². The highest BCUT2D eigenvalue weighted by atomic mass is 79.9. The Morgan fingerprint density at radius 2 is 1.91 bits per heavy atom. The molecule has 1 unspecified atom stereocenters. The third-order valence-corrected chi connectivity index (χ3v) is 7.26. The van der Waals surface area contributed by atoms with Gasteiger partial charge in [0.05, 0.1) is 22.5 Å². The average molecular weight is 537 g/mol. The number of carbonyl (C=O) groups is 3. The SMILES string of the molecule is COC(=O)c1ccc2c(c1)NC(=O)[C@H](C)CCCC(NC(=O)OC(C)(C)C)c1cc-2c(Br)s1. The molecule has 3 rings (SSSR count). The van der Waals surface area contributed by atoms with Gasteiger partial charge in [0, 0.05) is 27.6 Å². The molecule has 2 N–H and O–H groups in total. The molecule has 0 aliphatic carbocycles. The first-order valence-corrected chi connectivity index (χ1v) is 12.4. The van der Waals surface area contributed by atoms with Crippen LogP contribution in [0.3, 0.4) is 0 Å². The van der Waals surface area contributed by atoms with Gasteiger partial charge < -0.3 is 20.1 Å². The fraction of sp³-hybridized carbons (Fsp3) is 0.458. The van der Waals surface area contributed by atoms with Gasteiger partial charge in [-0.15, -0.1) is 11.3 Å².